The second-order valence-corrected chi connectivity index (χ2v) is 5.82. The highest BCUT2D eigenvalue weighted by Crippen LogP contribution is 2.27. The van der Waals surface area contributed by atoms with Gasteiger partial charge in [-0.3, -0.25) is 4.79 Å². The van der Waals surface area contributed by atoms with Crippen molar-refractivity contribution in [1.29, 1.82) is 0 Å². The van der Waals surface area contributed by atoms with Gasteiger partial charge < -0.3 is 16.0 Å². The Morgan fingerprint density at radius 1 is 1.47 bits per heavy atom. The number of nitrogens with zero attached hydrogens (tertiary/aromatic N) is 1. The number of amides is 1. The highest BCUT2D eigenvalue weighted by molar-refractivity contribution is 5.79. The molecule has 0 aromatic rings. The van der Waals surface area contributed by atoms with Gasteiger partial charge in [-0.1, -0.05) is 6.92 Å². The van der Waals surface area contributed by atoms with Crippen molar-refractivity contribution < 1.29 is 4.79 Å². The van der Waals surface area contributed by atoms with Gasteiger partial charge in [-0.25, -0.2) is 0 Å². The van der Waals surface area contributed by atoms with Crippen molar-refractivity contribution >= 4 is 5.91 Å². The Hall–Kier alpha value is -0.610. The molecule has 1 rings (SSSR count). The van der Waals surface area contributed by atoms with Crippen LogP contribution >= 0.6 is 0 Å². The zero-order valence-corrected chi connectivity index (χ0v) is 11.6. The van der Waals surface area contributed by atoms with Crippen LogP contribution in [0.1, 0.15) is 33.1 Å². The van der Waals surface area contributed by atoms with Crippen molar-refractivity contribution in [2.24, 2.45) is 17.6 Å². The third-order valence-electron chi connectivity index (χ3n) is 3.66. The van der Waals surface area contributed by atoms with E-state index in [2.05, 4.69) is 17.1 Å². The minimum Gasteiger partial charge on any atom is -0.352 e. The van der Waals surface area contributed by atoms with Gasteiger partial charge in [0, 0.05) is 24.5 Å². The van der Waals surface area contributed by atoms with E-state index >= 15 is 0 Å². The van der Waals surface area contributed by atoms with E-state index in [1.165, 1.54) is 0 Å². The first kappa shape index (κ1) is 14.5. The standard InChI is InChI=1S/C13H27N3O/c1-9-5-6-11(7-12(9)14)13(17)15-10(2)8-16(3)4/h9-12H,5-8,14H2,1-4H3,(H,15,17). The molecule has 4 atom stereocenters. The molecule has 0 bridgehead atoms. The summed E-state index contributed by atoms with van der Waals surface area (Å²) in [6, 6.07) is 0.386. The van der Waals surface area contributed by atoms with E-state index < -0.39 is 0 Å². The van der Waals surface area contributed by atoms with Gasteiger partial charge in [-0.2, -0.15) is 0 Å². The van der Waals surface area contributed by atoms with Crippen molar-refractivity contribution in [3.05, 3.63) is 0 Å². The lowest BCUT2D eigenvalue weighted by Crippen LogP contribution is -2.46. The van der Waals surface area contributed by atoms with Crippen LogP contribution in [0, 0.1) is 11.8 Å². The number of hydrogen-bond donors (Lipinski definition) is 2. The number of carbonyl (C=O) groups excluding carboxylic acids is 1. The van der Waals surface area contributed by atoms with Gasteiger partial charge in [0.25, 0.3) is 0 Å². The predicted octanol–water partition coefficient (Wildman–Crippen LogP) is 0.816. The molecule has 0 radical (unpaired) electrons. The second-order valence-electron chi connectivity index (χ2n) is 5.82. The Morgan fingerprint density at radius 2 is 2.12 bits per heavy atom. The maximum atomic E-state index is 12.1. The molecule has 0 aliphatic heterocycles. The molecule has 0 aromatic heterocycles. The average molecular weight is 241 g/mol. The molecule has 3 N–H and O–H groups in total. The fourth-order valence-corrected chi connectivity index (χ4v) is 2.55. The molecule has 1 aliphatic carbocycles. The molecule has 1 aliphatic rings. The van der Waals surface area contributed by atoms with Crippen LogP contribution < -0.4 is 11.1 Å². The maximum absolute atomic E-state index is 12.1. The fourth-order valence-electron chi connectivity index (χ4n) is 2.55. The van der Waals surface area contributed by atoms with E-state index in [1.54, 1.807) is 0 Å². The molecule has 4 nitrogen and oxygen atoms in total. The molecule has 1 fully saturated rings. The molecule has 0 heterocycles. The summed E-state index contributed by atoms with van der Waals surface area (Å²) < 4.78 is 0. The molecule has 4 heteroatoms. The van der Waals surface area contributed by atoms with Crippen molar-refractivity contribution in [3.63, 3.8) is 0 Å². The fraction of sp³-hybridized carbons (Fsp3) is 0.923. The minimum atomic E-state index is 0.116. The summed E-state index contributed by atoms with van der Waals surface area (Å²) in [4.78, 5) is 14.1. The van der Waals surface area contributed by atoms with Gasteiger partial charge >= 0.3 is 0 Å². The molecule has 0 saturated heterocycles. The van der Waals surface area contributed by atoms with Crippen molar-refractivity contribution in [3.8, 4) is 0 Å². The van der Waals surface area contributed by atoms with Crippen LogP contribution in [-0.2, 0) is 4.79 Å². The van der Waals surface area contributed by atoms with Crippen LogP contribution in [0.15, 0.2) is 0 Å². The summed E-state index contributed by atoms with van der Waals surface area (Å²) in [5.74, 6) is 0.853. The molecule has 100 valence electrons. The molecule has 1 amide bonds. The topological polar surface area (TPSA) is 58.4 Å². The van der Waals surface area contributed by atoms with E-state index in [1.807, 2.05) is 21.0 Å². The summed E-state index contributed by atoms with van der Waals surface area (Å²) in [5.41, 5.74) is 6.03. The summed E-state index contributed by atoms with van der Waals surface area (Å²) in [7, 11) is 4.03. The van der Waals surface area contributed by atoms with Gasteiger partial charge in [0.05, 0.1) is 0 Å². The average Bonchev–Trinajstić information content (AvgIpc) is 2.20. The Kier molecular flexibility index (Phi) is 5.40. The van der Waals surface area contributed by atoms with E-state index in [0.717, 1.165) is 25.8 Å². The van der Waals surface area contributed by atoms with Crippen molar-refractivity contribution in [2.45, 2.75) is 45.2 Å². The van der Waals surface area contributed by atoms with Crippen LogP contribution in [-0.4, -0.2) is 43.5 Å². The predicted molar refractivity (Wildman–Crippen MR) is 70.6 cm³/mol. The Morgan fingerprint density at radius 3 is 2.65 bits per heavy atom. The van der Waals surface area contributed by atoms with Gasteiger partial charge in [-0.15, -0.1) is 0 Å². The summed E-state index contributed by atoms with van der Waals surface area (Å²) in [6.07, 6.45) is 2.89. The third kappa shape index (κ3) is 4.64. The second kappa shape index (κ2) is 6.36. The van der Waals surface area contributed by atoms with Crippen molar-refractivity contribution in [2.75, 3.05) is 20.6 Å². The lowest BCUT2D eigenvalue weighted by atomic mass is 9.79. The summed E-state index contributed by atoms with van der Waals surface area (Å²) in [5, 5.41) is 3.08. The van der Waals surface area contributed by atoms with Crippen LogP contribution in [0.3, 0.4) is 0 Å². The molecular weight excluding hydrogens is 214 g/mol. The Bertz CT molecular complexity index is 255. The van der Waals surface area contributed by atoms with Crippen molar-refractivity contribution in [1.82, 2.24) is 10.2 Å². The van der Waals surface area contributed by atoms with Gasteiger partial charge in [0.15, 0.2) is 0 Å². The lowest BCUT2D eigenvalue weighted by molar-refractivity contribution is -0.127. The van der Waals surface area contributed by atoms with Gasteiger partial charge in [0.2, 0.25) is 5.91 Å². The Balaban J connectivity index is 2.37. The zero-order chi connectivity index (χ0) is 13.0. The number of hydrogen-bond acceptors (Lipinski definition) is 3. The first-order valence-corrected chi connectivity index (χ1v) is 6.60. The first-order valence-electron chi connectivity index (χ1n) is 6.60. The minimum absolute atomic E-state index is 0.116. The summed E-state index contributed by atoms with van der Waals surface area (Å²) in [6.45, 7) is 5.09. The zero-order valence-electron chi connectivity index (χ0n) is 11.6. The Labute approximate surface area is 105 Å². The molecule has 0 aromatic carbocycles. The highest BCUT2D eigenvalue weighted by atomic mass is 16.1. The normalized spacial score (nSPS) is 31.3. The number of likely N-dealkylation sites (N-methyl/N-ethyl adjacent to an activating group) is 1. The van der Waals surface area contributed by atoms with E-state index in [4.69, 9.17) is 5.73 Å². The summed E-state index contributed by atoms with van der Waals surface area (Å²) >= 11 is 0. The van der Waals surface area contributed by atoms with Crippen LogP contribution in [0.5, 0.6) is 0 Å². The molecule has 0 spiro atoms. The van der Waals surface area contributed by atoms with Gasteiger partial charge in [0.1, 0.15) is 0 Å². The molecule has 4 unspecified atom stereocenters. The maximum Gasteiger partial charge on any atom is 0.223 e. The number of nitrogens with one attached hydrogen (secondary N) is 1. The smallest absolute Gasteiger partial charge is 0.223 e. The first-order chi connectivity index (χ1) is 7.90. The largest absolute Gasteiger partial charge is 0.352 e. The molecule has 17 heavy (non-hydrogen) atoms. The van der Waals surface area contributed by atoms with E-state index in [9.17, 15) is 4.79 Å². The quantitative estimate of drug-likeness (QED) is 0.766. The van der Waals surface area contributed by atoms with Crippen LogP contribution in [0.4, 0.5) is 0 Å². The highest BCUT2D eigenvalue weighted by Gasteiger charge is 2.29. The molecule has 1 saturated carbocycles. The number of nitrogens with two attached hydrogens (primary N) is 1. The molecular formula is C13H27N3O. The van der Waals surface area contributed by atoms with Crippen LogP contribution in [0.2, 0.25) is 0 Å². The number of carbonyl (C=O) groups is 1. The van der Waals surface area contributed by atoms with Gasteiger partial charge in [-0.05, 0) is 46.2 Å². The third-order valence-corrected chi connectivity index (χ3v) is 3.66. The van der Waals surface area contributed by atoms with E-state index in [0.29, 0.717) is 5.92 Å². The lowest BCUT2D eigenvalue weighted by Gasteiger charge is -2.32. The monoisotopic (exact) mass is 241 g/mol. The van der Waals surface area contributed by atoms with Crippen LogP contribution in [0.25, 0.3) is 0 Å². The van der Waals surface area contributed by atoms with E-state index in [-0.39, 0.29) is 23.9 Å². The SMILES string of the molecule is CC(CN(C)C)NC(=O)C1CCC(C)C(N)C1. The number of rotatable bonds is 4.